The highest BCUT2D eigenvalue weighted by Crippen LogP contribution is 2.30. The summed E-state index contributed by atoms with van der Waals surface area (Å²) in [5.74, 6) is 0. The van der Waals surface area contributed by atoms with E-state index in [-0.39, 0.29) is 16.3 Å². The fraction of sp³-hybridized carbons (Fsp3) is 0.154. The molecule has 2 heterocycles. The molecule has 132 valence electrons. The Morgan fingerprint density at radius 1 is 1.20 bits per heavy atom. The molecule has 0 aliphatic carbocycles. The second kappa shape index (κ2) is 5.67. The predicted octanol–water partition coefficient (Wildman–Crippen LogP) is 1.33. The molecule has 0 fully saturated rings. The van der Waals surface area contributed by atoms with Crippen LogP contribution in [0.5, 0.6) is 0 Å². The lowest BCUT2D eigenvalue weighted by Crippen LogP contribution is -2.12. The number of benzene rings is 1. The summed E-state index contributed by atoms with van der Waals surface area (Å²) in [6.45, 7) is 0. The zero-order chi connectivity index (χ0) is 18.4. The molecule has 12 heteroatoms. The monoisotopic (exact) mass is 372 g/mol. The molecule has 0 atom stereocenters. The van der Waals surface area contributed by atoms with Gasteiger partial charge in [-0.05, 0) is 24.3 Å². The van der Waals surface area contributed by atoms with Gasteiger partial charge in [-0.25, -0.2) is 18.2 Å². The topological polar surface area (TPSA) is 109 Å². The molecule has 0 aliphatic rings. The average molecular weight is 372 g/mol. The first-order valence-corrected chi connectivity index (χ1v) is 8.27. The zero-order valence-electron chi connectivity index (χ0n) is 12.6. The molecule has 8 nitrogen and oxygen atoms in total. The highest BCUT2D eigenvalue weighted by molar-refractivity contribution is 7.89. The number of nitrogens with two attached hydrogens (primary N) is 1. The largest absolute Gasteiger partial charge is 0.435 e. The Balaban J connectivity index is 2.01. The third-order valence-corrected chi connectivity index (χ3v) is 4.25. The highest BCUT2D eigenvalue weighted by atomic mass is 32.2. The van der Waals surface area contributed by atoms with Crippen LogP contribution in [0.1, 0.15) is 5.69 Å². The SMILES string of the molecule is Cn1nc(C(F)(F)F)cc1-c1cn(-c2cccc(S(N)(=O)=O)c2)nn1. The van der Waals surface area contributed by atoms with E-state index in [1.54, 1.807) is 6.07 Å². The molecule has 2 aromatic heterocycles. The van der Waals surface area contributed by atoms with Crippen molar-refractivity contribution in [1.82, 2.24) is 24.8 Å². The second-order valence-corrected chi connectivity index (χ2v) is 6.69. The Labute approximate surface area is 139 Å². The second-order valence-electron chi connectivity index (χ2n) is 5.13. The van der Waals surface area contributed by atoms with E-state index < -0.39 is 21.9 Å². The van der Waals surface area contributed by atoms with Gasteiger partial charge in [-0.1, -0.05) is 11.3 Å². The number of aromatic nitrogens is 5. The van der Waals surface area contributed by atoms with Crippen molar-refractivity contribution in [2.24, 2.45) is 12.2 Å². The van der Waals surface area contributed by atoms with Gasteiger partial charge in [-0.3, -0.25) is 4.68 Å². The molecule has 0 unspecified atom stereocenters. The Morgan fingerprint density at radius 2 is 1.92 bits per heavy atom. The number of nitrogens with zero attached hydrogens (tertiary/aromatic N) is 5. The van der Waals surface area contributed by atoms with Crippen LogP contribution in [0, 0.1) is 0 Å². The first-order chi connectivity index (χ1) is 11.6. The number of primary sulfonamides is 1. The minimum atomic E-state index is -4.57. The lowest BCUT2D eigenvalue weighted by molar-refractivity contribution is -0.141. The molecule has 2 N–H and O–H groups in total. The van der Waals surface area contributed by atoms with E-state index in [0.717, 1.165) is 10.7 Å². The molecule has 0 aliphatic heterocycles. The molecule has 25 heavy (non-hydrogen) atoms. The van der Waals surface area contributed by atoms with Crippen LogP contribution in [-0.4, -0.2) is 33.2 Å². The Morgan fingerprint density at radius 3 is 2.52 bits per heavy atom. The van der Waals surface area contributed by atoms with Gasteiger partial charge < -0.3 is 0 Å². The van der Waals surface area contributed by atoms with Gasteiger partial charge in [0, 0.05) is 7.05 Å². The number of sulfonamides is 1. The van der Waals surface area contributed by atoms with Crippen molar-refractivity contribution in [2.75, 3.05) is 0 Å². The van der Waals surface area contributed by atoms with Gasteiger partial charge in [0.1, 0.15) is 5.69 Å². The average Bonchev–Trinajstić information content (AvgIpc) is 3.12. The van der Waals surface area contributed by atoms with E-state index in [2.05, 4.69) is 15.4 Å². The number of rotatable bonds is 3. The van der Waals surface area contributed by atoms with Crippen LogP contribution in [0.15, 0.2) is 41.4 Å². The maximum Gasteiger partial charge on any atom is 0.435 e. The molecule has 0 radical (unpaired) electrons. The minimum Gasteiger partial charge on any atom is -0.266 e. The van der Waals surface area contributed by atoms with Crippen LogP contribution in [0.4, 0.5) is 13.2 Å². The molecule has 0 spiro atoms. The quantitative estimate of drug-likeness (QED) is 0.746. The molecule has 0 saturated carbocycles. The van der Waals surface area contributed by atoms with Crippen LogP contribution < -0.4 is 5.14 Å². The van der Waals surface area contributed by atoms with E-state index in [9.17, 15) is 21.6 Å². The summed E-state index contributed by atoms with van der Waals surface area (Å²) in [7, 11) is -2.55. The van der Waals surface area contributed by atoms with Gasteiger partial charge in [0.25, 0.3) is 0 Å². The van der Waals surface area contributed by atoms with Crippen LogP contribution in [0.2, 0.25) is 0 Å². The zero-order valence-corrected chi connectivity index (χ0v) is 13.5. The normalized spacial score (nSPS) is 12.5. The van der Waals surface area contributed by atoms with E-state index in [1.807, 2.05) is 0 Å². The van der Waals surface area contributed by atoms with E-state index >= 15 is 0 Å². The fourth-order valence-electron chi connectivity index (χ4n) is 2.16. The number of halogens is 3. The number of hydrogen-bond acceptors (Lipinski definition) is 5. The lowest BCUT2D eigenvalue weighted by atomic mass is 10.3. The van der Waals surface area contributed by atoms with Crippen LogP contribution in [0.3, 0.4) is 0 Å². The summed E-state index contributed by atoms with van der Waals surface area (Å²) in [4.78, 5) is -0.123. The van der Waals surface area contributed by atoms with Crippen molar-refractivity contribution in [1.29, 1.82) is 0 Å². The van der Waals surface area contributed by atoms with Crippen molar-refractivity contribution < 1.29 is 21.6 Å². The lowest BCUT2D eigenvalue weighted by Gasteiger charge is -2.02. The maximum absolute atomic E-state index is 12.7. The standard InChI is InChI=1S/C13H11F3N6O2S/c1-21-11(6-12(19-21)13(14,15)16)10-7-22(20-18-10)8-3-2-4-9(5-8)25(17,23)24/h2-7H,1H3,(H2,17,23,24). The van der Waals surface area contributed by atoms with Gasteiger partial charge in [0.05, 0.1) is 22.5 Å². The summed E-state index contributed by atoms with van der Waals surface area (Å²) in [5.41, 5.74) is -0.452. The first kappa shape index (κ1) is 17.1. The van der Waals surface area contributed by atoms with Gasteiger partial charge in [0.2, 0.25) is 10.0 Å². The Bertz CT molecular complexity index is 1040. The summed E-state index contributed by atoms with van der Waals surface area (Å²) >= 11 is 0. The summed E-state index contributed by atoms with van der Waals surface area (Å²) < 4.78 is 63.3. The molecular formula is C13H11F3N6O2S. The fourth-order valence-corrected chi connectivity index (χ4v) is 2.71. The minimum absolute atomic E-state index is 0.112. The van der Waals surface area contributed by atoms with Crippen LogP contribution in [-0.2, 0) is 23.2 Å². The molecule has 1 aromatic carbocycles. The van der Waals surface area contributed by atoms with Crippen molar-refractivity contribution in [3.8, 4) is 17.1 Å². The van der Waals surface area contributed by atoms with E-state index in [0.29, 0.717) is 5.69 Å². The van der Waals surface area contributed by atoms with Crippen LogP contribution in [0.25, 0.3) is 17.1 Å². The van der Waals surface area contributed by atoms with E-state index in [4.69, 9.17) is 5.14 Å². The van der Waals surface area contributed by atoms with Crippen molar-refractivity contribution in [2.45, 2.75) is 11.1 Å². The summed E-state index contributed by atoms with van der Waals surface area (Å²) in [6, 6.07) is 6.46. The first-order valence-electron chi connectivity index (χ1n) is 6.73. The number of hydrogen-bond donors (Lipinski definition) is 1. The maximum atomic E-state index is 12.7. The predicted molar refractivity (Wildman–Crippen MR) is 79.9 cm³/mol. The molecule has 0 amide bonds. The van der Waals surface area contributed by atoms with Gasteiger partial charge >= 0.3 is 6.18 Å². The van der Waals surface area contributed by atoms with Crippen LogP contribution >= 0.6 is 0 Å². The van der Waals surface area contributed by atoms with Gasteiger partial charge in [0.15, 0.2) is 5.69 Å². The Kier molecular flexibility index (Phi) is 3.88. The van der Waals surface area contributed by atoms with Gasteiger partial charge in [-0.2, -0.15) is 18.3 Å². The van der Waals surface area contributed by atoms with Crippen molar-refractivity contribution in [3.63, 3.8) is 0 Å². The molecule has 3 aromatic rings. The number of alkyl halides is 3. The van der Waals surface area contributed by atoms with Crippen molar-refractivity contribution in [3.05, 3.63) is 42.2 Å². The number of aryl methyl sites for hydroxylation is 1. The summed E-state index contributed by atoms with van der Waals surface area (Å²) in [5, 5.41) is 16.1. The molecular weight excluding hydrogens is 361 g/mol. The third kappa shape index (κ3) is 3.39. The Hall–Kier alpha value is -2.73. The molecule has 0 saturated heterocycles. The van der Waals surface area contributed by atoms with Crippen molar-refractivity contribution >= 4 is 10.0 Å². The van der Waals surface area contributed by atoms with Gasteiger partial charge in [-0.15, -0.1) is 5.10 Å². The molecule has 3 rings (SSSR count). The summed E-state index contributed by atoms with van der Waals surface area (Å²) in [6.07, 6.45) is -3.21. The molecule has 0 bridgehead atoms. The smallest absolute Gasteiger partial charge is 0.266 e. The highest BCUT2D eigenvalue weighted by Gasteiger charge is 2.35. The van der Waals surface area contributed by atoms with E-state index in [1.165, 1.54) is 36.1 Å². The third-order valence-electron chi connectivity index (χ3n) is 3.34.